The molecule has 0 aliphatic heterocycles. The summed E-state index contributed by atoms with van der Waals surface area (Å²) in [4.78, 5) is 17.0. The van der Waals surface area contributed by atoms with Crippen LogP contribution in [0.25, 0.3) is 0 Å². The summed E-state index contributed by atoms with van der Waals surface area (Å²) in [5.41, 5.74) is 1.18. The first-order chi connectivity index (χ1) is 7.59. The molecule has 0 unspecified atom stereocenters. The molecule has 86 valence electrons. The van der Waals surface area contributed by atoms with E-state index in [1.165, 1.54) is 0 Å². The maximum atomic E-state index is 10.9. The van der Waals surface area contributed by atoms with Crippen molar-refractivity contribution in [2.75, 3.05) is 27.2 Å². The number of hydrogen-bond donors (Lipinski definition) is 0. The van der Waals surface area contributed by atoms with Crippen LogP contribution in [0.1, 0.15) is 16.1 Å². The van der Waals surface area contributed by atoms with E-state index in [1.807, 2.05) is 19.0 Å². The number of ketones is 1. The van der Waals surface area contributed by atoms with Crippen molar-refractivity contribution in [2.24, 2.45) is 0 Å². The molecule has 0 N–H and O–H groups in total. The van der Waals surface area contributed by atoms with Crippen LogP contribution in [0, 0.1) is 6.92 Å². The molecular weight excluding hydrogens is 204 g/mol. The normalized spacial score (nSPS) is 10.8. The molecule has 0 saturated heterocycles. The minimum Gasteiger partial charge on any atom is -0.374 e. The number of hydrogen-bond acceptors (Lipinski definition) is 4. The largest absolute Gasteiger partial charge is 0.374 e. The number of aromatic nitrogens is 1. The van der Waals surface area contributed by atoms with Gasteiger partial charge in [0, 0.05) is 25.2 Å². The Morgan fingerprint density at radius 1 is 1.56 bits per heavy atom. The van der Waals surface area contributed by atoms with Crippen molar-refractivity contribution in [1.82, 2.24) is 9.88 Å². The van der Waals surface area contributed by atoms with Gasteiger partial charge >= 0.3 is 0 Å². The van der Waals surface area contributed by atoms with Crippen LogP contribution in [-0.4, -0.2) is 42.9 Å². The quantitative estimate of drug-likeness (QED) is 0.531. The highest BCUT2D eigenvalue weighted by Crippen LogP contribution is 2.03. The molecule has 4 nitrogen and oxygen atoms in total. The number of likely N-dealkylation sites (N-methyl/N-ethyl adjacent to an activating group) is 1. The van der Waals surface area contributed by atoms with Crippen LogP contribution in [0.5, 0.6) is 0 Å². The van der Waals surface area contributed by atoms with E-state index in [0.717, 1.165) is 12.2 Å². The van der Waals surface area contributed by atoms with Gasteiger partial charge in [-0.2, -0.15) is 0 Å². The lowest BCUT2D eigenvalue weighted by Crippen LogP contribution is -2.18. The number of carbonyl (C=O) groups excluding carboxylic acids is 1. The molecule has 0 amide bonds. The molecule has 1 heterocycles. The summed E-state index contributed by atoms with van der Waals surface area (Å²) in [6.45, 7) is 7.05. The first kappa shape index (κ1) is 12.8. The highest BCUT2D eigenvalue weighted by Gasteiger charge is 2.02. The van der Waals surface area contributed by atoms with Gasteiger partial charge in [0.05, 0.1) is 18.9 Å². The highest BCUT2D eigenvalue weighted by atomic mass is 16.5. The molecule has 4 heteroatoms. The van der Waals surface area contributed by atoms with E-state index in [2.05, 4.69) is 4.98 Å². The number of nitrogens with zero attached hydrogens (tertiary/aromatic N) is 2. The summed E-state index contributed by atoms with van der Waals surface area (Å²) in [6.07, 6.45) is 1.56. The molecule has 0 atom stereocenters. The summed E-state index contributed by atoms with van der Waals surface area (Å²) in [7, 11) is 3.96. The SMILES string of the molecule is [CH]C(=O)c1ccnc(COCCN(C)C)c1. The molecule has 1 aromatic heterocycles. The zero-order chi connectivity index (χ0) is 12.0. The summed E-state index contributed by atoms with van der Waals surface area (Å²) < 4.78 is 5.41. The maximum absolute atomic E-state index is 10.9. The molecule has 0 aliphatic carbocycles. The molecule has 0 aromatic carbocycles. The van der Waals surface area contributed by atoms with Crippen LogP contribution < -0.4 is 0 Å². The Balaban J connectivity index is 2.42. The number of rotatable bonds is 6. The fraction of sp³-hybridized carbons (Fsp3) is 0.417. The Labute approximate surface area is 96.2 Å². The van der Waals surface area contributed by atoms with Crippen LogP contribution >= 0.6 is 0 Å². The minimum absolute atomic E-state index is 0.398. The lowest BCUT2D eigenvalue weighted by molar-refractivity contribution is 0.102. The molecule has 2 radical (unpaired) electrons. The van der Waals surface area contributed by atoms with E-state index < -0.39 is 5.78 Å². The first-order valence-corrected chi connectivity index (χ1v) is 5.07. The molecule has 0 aliphatic rings. The van der Waals surface area contributed by atoms with Gasteiger partial charge in [0.2, 0.25) is 0 Å². The van der Waals surface area contributed by atoms with Gasteiger partial charge in [0.25, 0.3) is 0 Å². The second-order valence-electron chi connectivity index (χ2n) is 3.76. The summed E-state index contributed by atoms with van der Waals surface area (Å²) in [5, 5.41) is 0. The molecule has 1 aromatic rings. The van der Waals surface area contributed by atoms with E-state index in [0.29, 0.717) is 18.8 Å². The third-order valence-corrected chi connectivity index (χ3v) is 2.03. The fourth-order valence-corrected chi connectivity index (χ4v) is 1.13. The van der Waals surface area contributed by atoms with Gasteiger partial charge in [-0.25, -0.2) is 0 Å². The smallest absolute Gasteiger partial charge is 0.167 e. The van der Waals surface area contributed by atoms with Crippen LogP contribution in [-0.2, 0) is 11.3 Å². The standard InChI is InChI=1S/C12H16N2O2/c1-10(15)11-4-5-13-12(8-11)9-16-7-6-14(2)3/h1,4-5,8H,6-7,9H2,2-3H3. The van der Waals surface area contributed by atoms with Crippen molar-refractivity contribution < 1.29 is 9.53 Å². The average Bonchev–Trinajstić information content (AvgIpc) is 2.24. The van der Waals surface area contributed by atoms with Crippen molar-refractivity contribution in [2.45, 2.75) is 6.61 Å². The maximum Gasteiger partial charge on any atom is 0.167 e. The average molecular weight is 220 g/mol. The lowest BCUT2D eigenvalue weighted by atomic mass is 10.2. The number of Topliss-reactive ketones (excluding diaryl/α,β-unsaturated/α-hetero) is 1. The second kappa shape index (κ2) is 6.35. The molecular formula is C12H16N2O2. The predicted molar refractivity (Wildman–Crippen MR) is 61.1 cm³/mol. The predicted octanol–water partition coefficient (Wildman–Crippen LogP) is 1.05. The van der Waals surface area contributed by atoms with Gasteiger partial charge in [-0.3, -0.25) is 9.78 Å². The van der Waals surface area contributed by atoms with E-state index in [9.17, 15) is 4.79 Å². The van der Waals surface area contributed by atoms with Crippen molar-refractivity contribution in [1.29, 1.82) is 0 Å². The Morgan fingerprint density at radius 3 is 2.94 bits per heavy atom. The third-order valence-electron chi connectivity index (χ3n) is 2.03. The summed E-state index contributed by atoms with van der Waals surface area (Å²) in [6, 6.07) is 3.24. The fourth-order valence-electron chi connectivity index (χ4n) is 1.13. The highest BCUT2D eigenvalue weighted by molar-refractivity contribution is 5.99. The van der Waals surface area contributed by atoms with Crippen molar-refractivity contribution in [3.05, 3.63) is 36.5 Å². The van der Waals surface area contributed by atoms with E-state index >= 15 is 0 Å². The van der Waals surface area contributed by atoms with E-state index in [-0.39, 0.29) is 0 Å². The van der Waals surface area contributed by atoms with Crippen LogP contribution in [0.2, 0.25) is 0 Å². The van der Waals surface area contributed by atoms with Gasteiger partial charge in [0.1, 0.15) is 0 Å². The van der Waals surface area contributed by atoms with Crippen LogP contribution in [0.4, 0.5) is 0 Å². The van der Waals surface area contributed by atoms with Crippen molar-refractivity contribution in [3.8, 4) is 0 Å². The Hall–Kier alpha value is -1.26. The van der Waals surface area contributed by atoms with E-state index in [1.54, 1.807) is 18.3 Å². The van der Waals surface area contributed by atoms with Gasteiger partial charge in [-0.05, 0) is 26.2 Å². The zero-order valence-corrected chi connectivity index (χ0v) is 9.64. The third kappa shape index (κ3) is 4.51. The summed E-state index contributed by atoms with van der Waals surface area (Å²) in [5.74, 6) is -0.447. The molecule has 16 heavy (non-hydrogen) atoms. The van der Waals surface area contributed by atoms with Crippen molar-refractivity contribution >= 4 is 5.78 Å². The second-order valence-corrected chi connectivity index (χ2v) is 3.76. The first-order valence-electron chi connectivity index (χ1n) is 5.07. The van der Waals surface area contributed by atoms with Gasteiger partial charge in [0.15, 0.2) is 5.78 Å². The Morgan fingerprint density at radius 2 is 2.31 bits per heavy atom. The molecule has 0 saturated carbocycles. The monoisotopic (exact) mass is 220 g/mol. The van der Waals surface area contributed by atoms with Gasteiger partial charge in [-0.15, -0.1) is 0 Å². The van der Waals surface area contributed by atoms with Gasteiger partial charge in [-0.1, -0.05) is 0 Å². The Bertz CT molecular complexity index is 351. The molecule has 0 spiro atoms. The number of ether oxygens (including phenoxy) is 1. The summed E-state index contributed by atoms with van der Waals surface area (Å²) >= 11 is 0. The number of carbonyl (C=O) groups is 1. The van der Waals surface area contributed by atoms with Gasteiger partial charge < -0.3 is 9.64 Å². The lowest BCUT2D eigenvalue weighted by Gasteiger charge is -2.09. The zero-order valence-electron chi connectivity index (χ0n) is 9.64. The topological polar surface area (TPSA) is 42.4 Å². The van der Waals surface area contributed by atoms with E-state index in [4.69, 9.17) is 11.7 Å². The van der Waals surface area contributed by atoms with Crippen LogP contribution in [0.15, 0.2) is 18.3 Å². The number of pyridine rings is 1. The molecule has 1 rings (SSSR count). The minimum atomic E-state index is -0.447. The molecule has 0 bridgehead atoms. The Kier molecular flexibility index (Phi) is 5.08. The molecule has 0 fully saturated rings. The van der Waals surface area contributed by atoms with Crippen LogP contribution in [0.3, 0.4) is 0 Å². The van der Waals surface area contributed by atoms with Crippen molar-refractivity contribution in [3.63, 3.8) is 0 Å².